The van der Waals surface area contributed by atoms with Crippen LogP contribution < -0.4 is 14.8 Å². The highest BCUT2D eigenvalue weighted by Crippen LogP contribution is 2.34. The van der Waals surface area contributed by atoms with Crippen LogP contribution in [-0.4, -0.2) is 43.5 Å². The number of nitrogens with zero attached hydrogens (tertiary/aromatic N) is 1. The van der Waals surface area contributed by atoms with Gasteiger partial charge < -0.3 is 19.7 Å². The first-order valence-electron chi connectivity index (χ1n) is 9.27. The average molecular weight is 404 g/mol. The fourth-order valence-corrected chi connectivity index (χ4v) is 3.20. The van der Waals surface area contributed by atoms with E-state index in [-0.39, 0.29) is 24.0 Å². The van der Waals surface area contributed by atoms with Crippen LogP contribution in [0.1, 0.15) is 19.3 Å². The molecule has 154 valence electrons. The van der Waals surface area contributed by atoms with Gasteiger partial charge in [-0.05, 0) is 42.3 Å². The van der Waals surface area contributed by atoms with E-state index in [1.165, 1.54) is 19.2 Å². The zero-order valence-electron chi connectivity index (χ0n) is 16.0. The van der Waals surface area contributed by atoms with E-state index in [0.717, 1.165) is 6.42 Å². The first-order chi connectivity index (χ1) is 14.0. The maximum Gasteiger partial charge on any atom is 0.387 e. The fourth-order valence-electron chi connectivity index (χ4n) is 3.20. The van der Waals surface area contributed by atoms with Crippen LogP contribution in [0.2, 0.25) is 0 Å². The van der Waals surface area contributed by atoms with Crippen LogP contribution in [0, 0.1) is 0 Å². The highest BCUT2D eigenvalue weighted by atomic mass is 19.3. The normalized spacial score (nSPS) is 13.7. The lowest BCUT2D eigenvalue weighted by molar-refractivity contribution is -0.128. The first-order valence-corrected chi connectivity index (χ1v) is 9.27. The fraction of sp³-hybridized carbons (Fsp3) is 0.333. The Morgan fingerprint density at radius 2 is 1.97 bits per heavy atom. The number of amides is 2. The number of hydrogen-bond donors (Lipinski definition) is 1. The molecule has 3 rings (SSSR count). The van der Waals surface area contributed by atoms with Gasteiger partial charge in [0, 0.05) is 37.2 Å². The molecule has 0 radical (unpaired) electrons. The zero-order valence-corrected chi connectivity index (χ0v) is 16.0. The molecule has 6 nitrogen and oxygen atoms in total. The Morgan fingerprint density at radius 1 is 1.21 bits per heavy atom. The third-order valence-electron chi connectivity index (χ3n) is 4.66. The second-order valence-electron chi connectivity index (χ2n) is 6.60. The minimum Gasteiger partial charge on any atom is -0.497 e. The Bertz CT molecular complexity index is 871. The van der Waals surface area contributed by atoms with Crippen molar-refractivity contribution in [3.05, 3.63) is 42.5 Å². The van der Waals surface area contributed by atoms with Crippen molar-refractivity contribution < 1.29 is 27.8 Å². The van der Waals surface area contributed by atoms with Gasteiger partial charge in [0.2, 0.25) is 11.8 Å². The zero-order chi connectivity index (χ0) is 20.8. The summed E-state index contributed by atoms with van der Waals surface area (Å²) in [5, 5.41) is 2.75. The number of benzene rings is 2. The smallest absolute Gasteiger partial charge is 0.387 e. The highest BCUT2D eigenvalue weighted by Gasteiger charge is 2.20. The van der Waals surface area contributed by atoms with Gasteiger partial charge in [0.05, 0.1) is 7.11 Å². The van der Waals surface area contributed by atoms with Gasteiger partial charge in [-0.3, -0.25) is 9.59 Å². The van der Waals surface area contributed by atoms with Gasteiger partial charge in [0.25, 0.3) is 0 Å². The minimum atomic E-state index is -2.97. The average Bonchev–Trinajstić information content (AvgIpc) is 3.12. The van der Waals surface area contributed by atoms with E-state index in [4.69, 9.17) is 4.74 Å². The molecule has 1 heterocycles. The molecule has 29 heavy (non-hydrogen) atoms. The Hall–Kier alpha value is -3.16. The summed E-state index contributed by atoms with van der Waals surface area (Å²) in [5.74, 6) is 0.442. The Kier molecular flexibility index (Phi) is 6.64. The maximum absolute atomic E-state index is 12.8. The van der Waals surface area contributed by atoms with Gasteiger partial charge in [-0.25, -0.2) is 0 Å². The third-order valence-corrected chi connectivity index (χ3v) is 4.66. The number of likely N-dealkylation sites (tertiary alicyclic amines) is 1. The van der Waals surface area contributed by atoms with Crippen LogP contribution in [0.15, 0.2) is 42.5 Å². The molecule has 2 amide bonds. The van der Waals surface area contributed by atoms with Crippen molar-refractivity contribution in [2.24, 2.45) is 0 Å². The second-order valence-corrected chi connectivity index (χ2v) is 6.60. The van der Waals surface area contributed by atoms with Crippen LogP contribution in [0.3, 0.4) is 0 Å². The van der Waals surface area contributed by atoms with Gasteiger partial charge in [-0.15, -0.1) is 0 Å². The lowest BCUT2D eigenvalue weighted by atomic mass is 10.0. The van der Waals surface area contributed by atoms with E-state index in [9.17, 15) is 18.4 Å². The van der Waals surface area contributed by atoms with Crippen LogP contribution >= 0.6 is 0 Å². The molecule has 1 N–H and O–H groups in total. The molecule has 1 fully saturated rings. The number of ether oxygens (including phenoxy) is 2. The molecule has 0 unspecified atom stereocenters. The van der Waals surface area contributed by atoms with Crippen molar-refractivity contribution in [1.82, 2.24) is 4.90 Å². The number of hydrogen-bond acceptors (Lipinski definition) is 4. The van der Waals surface area contributed by atoms with Crippen LogP contribution in [0.25, 0.3) is 11.1 Å². The number of nitrogens with one attached hydrogen (secondary N) is 1. The predicted octanol–water partition coefficient (Wildman–Crippen LogP) is 3.91. The summed E-state index contributed by atoms with van der Waals surface area (Å²) in [7, 11) is 1.53. The molecule has 2 aromatic carbocycles. The number of methoxy groups -OCH3 is 1. The van der Waals surface area contributed by atoms with Crippen LogP contribution in [0.4, 0.5) is 14.5 Å². The number of carbonyl (C=O) groups is 2. The van der Waals surface area contributed by atoms with E-state index in [1.54, 1.807) is 35.2 Å². The molecule has 0 aliphatic carbocycles. The summed E-state index contributed by atoms with van der Waals surface area (Å²) in [6.07, 6.45) is 1.51. The van der Waals surface area contributed by atoms with Gasteiger partial charge in [0.15, 0.2) is 0 Å². The molecule has 1 saturated heterocycles. The molecule has 0 atom stereocenters. The molecule has 0 spiro atoms. The Labute approximate surface area is 167 Å². The maximum atomic E-state index is 12.8. The number of halogens is 2. The standard InChI is InChI=1S/C21H22F2N2O4/c1-28-16-7-4-14(5-8-16)17-13-15(6-9-18(17)29-21(22)23)24-19(26)10-12-25-11-2-3-20(25)27/h4-9,13,21H,2-3,10-12H2,1H3,(H,24,26). The highest BCUT2D eigenvalue weighted by molar-refractivity contribution is 5.92. The van der Waals surface area contributed by atoms with Crippen molar-refractivity contribution in [3.63, 3.8) is 0 Å². The molecular weight excluding hydrogens is 382 g/mol. The predicted molar refractivity (Wildman–Crippen MR) is 104 cm³/mol. The Balaban J connectivity index is 1.74. The first kappa shape index (κ1) is 20.6. The van der Waals surface area contributed by atoms with Crippen molar-refractivity contribution in [2.75, 3.05) is 25.5 Å². The molecule has 0 aromatic heterocycles. The molecule has 2 aromatic rings. The number of rotatable bonds is 8. The summed E-state index contributed by atoms with van der Waals surface area (Å²) < 4.78 is 35.3. The van der Waals surface area contributed by atoms with Crippen molar-refractivity contribution in [1.29, 1.82) is 0 Å². The second kappa shape index (κ2) is 9.36. The largest absolute Gasteiger partial charge is 0.497 e. The summed E-state index contributed by atoms with van der Waals surface area (Å²) in [5.41, 5.74) is 1.51. The number of carbonyl (C=O) groups excluding carboxylic acids is 2. The van der Waals surface area contributed by atoms with Crippen molar-refractivity contribution in [2.45, 2.75) is 25.9 Å². The molecular formula is C21H22F2N2O4. The monoisotopic (exact) mass is 404 g/mol. The molecule has 1 aliphatic heterocycles. The summed E-state index contributed by atoms with van der Waals surface area (Å²) in [4.78, 5) is 25.5. The molecule has 8 heteroatoms. The van der Waals surface area contributed by atoms with Gasteiger partial charge in [0.1, 0.15) is 11.5 Å². The lowest BCUT2D eigenvalue weighted by Crippen LogP contribution is -2.28. The number of anilines is 1. The third kappa shape index (κ3) is 5.43. The SMILES string of the molecule is COc1ccc(-c2cc(NC(=O)CCN3CCCC3=O)ccc2OC(F)F)cc1. The van der Waals surface area contributed by atoms with Crippen LogP contribution in [0.5, 0.6) is 11.5 Å². The lowest BCUT2D eigenvalue weighted by Gasteiger charge is -2.16. The van der Waals surface area contributed by atoms with E-state index in [0.29, 0.717) is 42.1 Å². The quantitative estimate of drug-likeness (QED) is 0.724. The van der Waals surface area contributed by atoms with Crippen molar-refractivity contribution >= 4 is 17.5 Å². The summed E-state index contributed by atoms with van der Waals surface area (Å²) >= 11 is 0. The van der Waals surface area contributed by atoms with Gasteiger partial charge in [-0.2, -0.15) is 8.78 Å². The van der Waals surface area contributed by atoms with Gasteiger partial charge in [-0.1, -0.05) is 12.1 Å². The Morgan fingerprint density at radius 3 is 2.59 bits per heavy atom. The summed E-state index contributed by atoms with van der Waals surface area (Å²) in [6.45, 7) is -1.93. The molecule has 0 bridgehead atoms. The van der Waals surface area contributed by atoms with Crippen LogP contribution in [-0.2, 0) is 9.59 Å². The van der Waals surface area contributed by atoms with E-state index < -0.39 is 6.61 Å². The van der Waals surface area contributed by atoms with Gasteiger partial charge >= 0.3 is 6.61 Å². The van der Waals surface area contributed by atoms with E-state index in [1.807, 2.05) is 0 Å². The number of alkyl halides is 2. The van der Waals surface area contributed by atoms with E-state index >= 15 is 0 Å². The van der Waals surface area contributed by atoms with Crippen molar-refractivity contribution in [3.8, 4) is 22.6 Å². The molecule has 1 aliphatic rings. The minimum absolute atomic E-state index is 0.00540. The topological polar surface area (TPSA) is 67.9 Å². The summed E-state index contributed by atoms with van der Waals surface area (Å²) in [6, 6.07) is 11.3. The van der Waals surface area contributed by atoms with E-state index in [2.05, 4.69) is 10.1 Å². The molecule has 0 saturated carbocycles.